The number of hydrogen-bond acceptors (Lipinski definition) is 4. The number of esters is 1. The minimum atomic E-state index is -0.454. The molecular weight excluding hydrogens is 208 g/mol. The van der Waals surface area contributed by atoms with Gasteiger partial charge in [0.05, 0.1) is 18.8 Å². The topological polar surface area (TPSA) is 66.8 Å². The van der Waals surface area contributed by atoms with Crippen LogP contribution in [0.25, 0.3) is 0 Å². The molecule has 0 spiro atoms. The highest BCUT2D eigenvalue weighted by Gasteiger charge is 2.07. The van der Waals surface area contributed by atoms with Gasteiger partial charge in [0.1, 0.15) is 0 Å². The van der Waals surface area contributed by atoms with E-state index < -0.39 is 12.2 Å². The molecule has 2 atom stereocenters. The van der Waals surface area contributed by atoms with Crippen LogP contribution in [0.3, 0.4) is 0 Å². The number of rotatable bonds is 7. The second-order valence-electron chi connectivity index (χ2n) is 3.96. The van der Waals surface area contributed by atoms with Gasteiger partial charge in [0.2, 0.25) is 0 Å². The molecule has 0 aliphatic heterocycles. The highest BCUT2D eigenvalue weighted by molar-refractivity contribution is 5.87. The van der Waals surface area contributed by atoms with Crippen molar-refractivity contribution < 1.29 is 19.7 Å². The average Bonchev–Trinajstić information content (AvgIpc) is 2.25. The van der Waals surface area contributed by atoms with Gasteiger partial charge in [-0.3, -0.25) is 0 Å². The molecule has 0 aliphatic carbocycles. The van der Waals surface area contributed by atoms with Gasteiger partial charge in [-0.2, -0.15) is 0 Å². The number of ether oxygens (including phenoxy) is 1. The van der Waals surface area contributed by atoms with Gasteiger partial charge in [-0.1, -0.05) is 13.0 Å². The van der Waals surface area contributed by atoms with Crippen LogP contribution in [-0.2, 0) is 9.53 Å². The van der Waals surface area contributed by atoms with Crippen LogP contribution in [0.15, 0.2) is 11.6 Å². The lowest BCUT2D eigenvalue weighted by Gasteiger charge is -2.08. The SMILES string of the molecule is CCC(O)CCOC(=O)/C(C)=C/CC(C)O. The first kappa shape index (κ1) is 15.1. The third kappa shape index (κ3) is 7.43. The van der Waals surface area contributed by atoms with Crippen molar-refractivity contribution in [3.63, 3.8) is 0 Å². The molecule has 2 unspecified atom stereocenters. The molecule has 0 radical (unpaired) electrons. The first-order valence-corrected chi connectivity index (χ1v) is 5.67. The van der Waals surface area contributed by atoms with E-state index in [0.717, 1.165) is 0 Å². The summed E-state index contributed by atoms with van der Waals surface area (Å²) in [6, 6.07) is 0. The maximum absolute atomic E-state index is 11.4. The molecular formula is C12H22O4. The van der Waals surface area contributed by atoms with E-state index >= 15 is 0 Å². The summed E-state index contributed by atoms with van der Waals surface area (Å²) >= 11 is 0. The molecule has 94 valence electrons. The second-order valence-corrected chi connectivity index (χ2v) is 3.96. The zero-order valence-corrected chi connectivity index (χ0v) is 10.3. The van der Waals surface area contributed by atoms with Crippen molar-refractivity contribution in [1.29, 1.82) is 0 Å². The molecule has 0 saturated heterocycles. The molecule has 0 bridgehead atoms. The molecule has 0 saturated carbocycles. The van der Waals surface area contributed by atoms with Crippen LogP contribution in [-0.4, -0.2) is 35.0 Å². The highest BCUT2D eigenvalue weighted by atomic mass is 16.5. The van der Waals surface area contributed by atoms with Crippen molar-refractivity contribution in [2.75, 3.05) is 6.61 Å². The van der Waals surface area contributed by atoms with Gasteiger partial charge in [-0.15, -0.1) is 0 Å². The molecule has 0 rings (SSSR count). The lowest BCUT2D eigenvalue weighted by atomic mass is 10.2. The van der Waals surface area contributed by atoms with E-state index in [4.69, 9.17) is 9.84 Å². The first-order chi connectivity index (χ1) is 7.47. The van der Waals surface area contributed by atoms with Gasteiger partial charge in [0.15, 0.2) is 0 Å². The molecule has 0 aromatic rings. The number of carbonyl (C=O) groups excluding carboxylic acids is 1. The number of carbonyl (C=O) groups is 1. The van der Waals surface area contributed by atoms with Crippen molar-refractivity contribution in [2.24, 2.45) is 0 Å². The molecule has 4 nitrogen and oxygen atoms in total. The minimum absolute atomic E-state index is 0.230. The summed E-state index contributed by atoms with van der Waals surface area (Å²) in [5.41, 5.74) is 0.492. The van der Waals surface area contributed by atoms with Gasteiger partial charge in [0, 0.05) is 12.0 Å². The molecule has 0 aliphatic rings. The summed E-state index contributed by atoms with van der Waals surface area (Å²) in [5.74, 6) is -0.385. The Kier molecular flexibility index (Phi) is 7.85. The summed E-state index contributed by atoms with van der Waals surface area (Å²) in [4.78, 5) is 11.4. The van der Waals surface area contributed by atoms with Gasteiger partial charge in [-0.05, 0) is 26.7 Å². The molecule has 2 N–H and O–H groups in total. The maximum Gasteiger partial charge on any atom is 0.333 e. The van der Waals surface area contributed by atoms with Gasteiger partial charge < -0.3 is 14.9 Å². The van der Waals surface area contributed by atoms with Gasteiger partial charge in [0.25, 0.3) is 0 Å². The number of aliphatic hydroxyl groups excluding tert-OH is 2. The predicted octanol–water partition coefficient (Wildman–Crippen LogP) is 1.41. The molecule has 0 amide bonds. The monoisotopic (exact) mass is 230 g/mol. The first-order valence-electron chi connectivity index (χ1n) is 5.67. The zero-order chi connectivity index (χ0) is 12.6. The van der Waals surface area contributed by atoms with E-state index in [1.807, 2.05) is 6.92 Å². The number of hydrogen-bond donors (Lipinski definition) is 2. The van der Waals surface area contributed by atoms with Crippen LogP contribution in [0.2, 0.25) is 0 Å². The Morgan fingerprint density at radius 1 is 1.44 bits per heavy atom. The highest BCUT2D eigenvalue weighted by Crippen LogP contribution is 2.03. The fraction of sp³-hybridized carbons (Fsp3) is 0.750. The summed E-state index contributed by atoms with van der Waals surface area (Å²) < 4.78 is 4.96. The summed E-state index contributed by atoms with van der Waals surface area (Å²) in [6.07, 6.45) is 2.36. The van der Waals surface area contributed by atoms with E-state index in [-0.39, 0.29) is 12.6 Å². The Bertz CT molecular complexity index is 233. The Labute approximate surface area is 96.9 Å². The van der Waals surface area contributed by atoms with Crippen molar-refractivity contribution >= 4 is 5.97 Å². The second kappa shape index (κ2) is 8.30. The fourth-order valence-electron chi connectivity index (χ4n) is 1.04. The minimum Gasteiger partial charge on any atom is -0.462 e. The van der Waals surface area contributed by atoms with Crippen molar-refractivity contribution in [1.82, 2.24) is 0 Å². The lowest BCUT2D eigenvalue weighted by molar-refractivity contribution is -0.139. The van der Waals surface area contributed by atoms with Crippen LogP contribution in [0.5, 0.6) is 0 Å². The average molecular weight is 230 g/mol. The Balaban J connectivity index is 3.83. The van der Waals surface area contributed by atoms with Crippen molar-refractivity contribution in [2.45, 2.75) is 52.2 Å². The van der Waals surface area contributed by atoms with Crippen LogP contribution in [0.1, 0.15) is 40.0 Å². The van der Waals surface area contributed by atoms with E-state index in [9.17, 15) is 9.90 Å². The van der Waals surface area contributed by atoms with Crippen molar-refractivity contribution in [3.8, 4) is 0 Å². The molecule has 0 aromatic heterocycles. The van der Waals surface area contributed by atoms with E-state index in [1.54, 1.807) is 19.9 Å². The largest absolute Gasteiger partial charge is 0.462 e. The van der Waals surface area contributed by atoms with E-state index in [2.05, 4.69) is 0 Å². The third-order valence-corrected chi connectivity index (χ3v) is 2.24. The fourth-order valence-corrected chi connectivity index (χ4v) is 1.04. The van der Waals surface area contributed by atoms with Gasteiger partial charge in [-0.25, -0.2) is 4.79 Å². The quantitative estimate of drug-likeness (QED) is 0.512. The smallest absolute Gasteiger partial charge is 0.333 e. The predicted molar refractivity (Wildman–Crippen MR) is 61.9 cm³/mol. The Morgan fingerprint density at radius 2 is 2.06 bits per heavy atom. The van der Waals surface area contributed by atoms with Crippen molar-refractivity contribution in [3.05, 3.63) is 11.6 Å². The molecule has 0 fully saturated rings. The molecule has 0 heterocycles. The van der Waals surface area contributed by atoms with Crippen LogP contribution < -0.4 is 0 Å². The standard InChI is InChI=1S/C12H22O4/c1-4-11(14)7-8-16-12(15)9(2)5-6-10(3)13/h5,10-11,13-14H,4,6-8H2,1-3H3/b9-5+. The summed E-state index contributed by atoms with van der Waals surface area (Å²) in [7, 11) is 0. The maximum atomic E-state index is 11.4. The normalized spacial score (nSPS) is 15.7. The van der Waals surface area contributed by atoms with Crippen LogP contribution in [0.4, 0.5) is 0 Å². The molecule has 0 aromatic carbocycles. The Morgan fingerprint density at radius 3 is 2.56 bits per heavy atom. The van der Waals surface area contributed by atoms with Crippen LogP contribution >= 0.6 is 0 Å². The Hall–Kier alpha value is -0.870. The summed E-state index contributed by atoms with van der Waals surface area (Å²) in [6.45, 7) is 5.42. The zero-order valence-electron chi connectivity index (χ0n) is 10.3. The lowest BCUT2D eigenvalue weighted by Crippen LogP contribution is -2.13. The number of aliphatic hydroxyl groups is 2. The van der Waals surface area contributed by atoms with Crippen LogP contribution in [0, 0.1) is 0 Å². The van der Waals surface area contributed by atoms with E-state index in [1.165, 1.54) is 0 Å². The third-order valence-electron chi connectivity index (χ3n) is 2.24. The summed E-state index contributed by atoms with van der Waals surface area (Å²) in [5, 5.41) is 18.3. The molecule has 4 heteroatoms. The van der Waals surface area contributed by atoms with E-state index in [0.29, 0.717) is 24.8 Å². The van der Waals surface area contributed by atoms with Gasteiger partial charge >= 0.3 is 5.97 Å². The molecule has 16 heavy (non-hydrogen) atoms.